The van der Waals surface area contributed by atoms with Gasteiger partial charge in [0.2, 0.25) is 5.95 Å². The monoisotopic (exact) mass is 168 g/mol. The molecule has 0 aromatic carbocycles. The van der Waals surface area contributed by atoms with Gasteiger partial charge in [0.25, 0.3) is 0 Å². The lowest BCUT2D eigenvalue weighted by Gasteiger charge is -1.99. The first-order chi connectivity index (χ1) is 5.15. The quantitative estimate of drug-likeness (QED) is 0.431. The number of nitrogen functional groups attached to an aromatic ring is 2. The first-order valence-corrected chi connectivity index (χ1v) is 3.08. The largest absolute Gasteiger partial charge is 0.382 e. The van der Waals surface area contributed by atoms with Crippen LogP contribution in [0.1, 0.15) is 5.56 Å². The molecule has 1 aromatic heterocycles. The van der Waals surface area contributed by atoms with Crippen LogP contribution in [0.5, 0.6) is 0 Å². The average molecular weight is 169 g/mol. The zero-order valence-corrected chi connectivity index (χ0v) is 6.26. The summed E-state index contributed by atoms with van der Waals surface area (Å²) in [5.41, 5.74) is 10.9. The lowest BCUT2D eigenvalue weighted by atomic mass is 10.3. The van der Waals surface area contributed by atoms with Gasteiger partial charge in [0, 0.05) is 0 Å². The summed E-state index contributed by atoms with van der Waals surface area (Å²) in [5, 5.41) is 0.109. The van der Waals surface area contributed by atoms with Crippen LogP contribution in [-0.4, -0.2) is 9.97 Å². The fourth-order valence-corrected chi connectivity index (χ4v) is 0.838. The number of nitrogens with zero attached hydrogens (tertiary/aromatic N) is 2. The molecule has 0 fully saturated rings. The van der Waals surface area contributed by atoms with Crippen LogP contribution in [0.25, 0.3) is 0 Å². The van der Waals surface area contributed by atoms with E-state index in [9.17, 15) is 0 Å². The molecule has 5 heteroatoms. The topological polar surface area (TPSA) is 77.8 Å². The fraction of sp³-hybridized carbons (Fsp3) is 0. The predicted molar refractivity (Wildman–Crippen MR) is 43.8 cm³/mol. The summed E-state index contributed by atoms with van der Waals surface area (Å²) in [5.74, 6) is 2.40. The van der Waals surface area contributed by atoms with Gasteiger partial charge in [0.05, 0.1) is 0 Å². The standard InChI is InChI=1S/C6H5ClN4/c1-2-3-4(7)10-6(9)11-5(3)8/h1H,(H4,8,9,10,11). The van der Waals surface area contributed by atoms with Gasteiger partial charge in [-0.3, -0.25) is 0 Å². The number of hydrogen-bond donors (Lipinski definition) is 2. The van der Waals surface area contributed by atoms with Crippen LogP contribution >= 0.6 is 11.6 Å². The van der Waals surface area contributed by atoms with Crippen molar-refractivity contribution in [2.75, 3.05) is 11.5 Å². The molecule has 56 valence electrons. The number of nitrogens with two attached hydrogens (primary N) is 2. The van der Waals surface area contributed by atoms with Crippen LogP contribution in [0.4, 0.5) is 11.8 Å². The molecular weight excluding hydrogens is 164 g/mol. The minimum absolute atomic E-state index is 0.0199. The molecule has 4 N–H and O–H groups in total. The third-order valence-corrected chi connectivity index (χ3v) is 1.33. The van der Waals surface area contributed by atoms with Crippen molar-refractivity contribution >= 4 is 23.4 Å². The Bertz CT molecular complexity index is 305. The van der Waals surface area contributed by atoms with Gasteiger partial charge in [-0.25, -0.2) is 0 Å². The number of terminal acetylenes is 1. The van der Waals surface area contributed by atoms with Crippen molar-refractivity contribution in [3.63, 3.8) is 0 Å². The predicted octanol–water partition coefficient (Wildman–Crippen LogP) is 0.276. The van der Waals surface area contributed by atoms with Gasteiger partial charge in [0.1, 0.15) is 11.4 Å². The van der Waals surface area contributed by atoms with E-state index in [1.165, 1.54) is 0 Å². The summed E-state index contributed by atoms with van der Waals surface area (Å²) in [6, 6.07) is 0. The third kappa shape index (κ3) is 1.33. The molecule has 0 bridgehead atoms. The molecule has 1 heterocycles. The van der Waals surface area contributed by atoms with E-state index in [1.807, 2.05) is 0 Å². The maximum atomic E-state index is 5.58. The van der Waals surface area contributed by atoms with Gasteiger partial charge in [-0.2, -0.15) is 9.97 Å². The number of hydrogen-bond acceptors (Lipinski definition) is 4. The Kier molecular flexibility index (Phi) is 1.83. The van der Waals surface area contributed by atoms with E-state index in [0.717, 1.165) is 0 Å². The van der Waals surface area contributed by atoms with Crippen molar-refractivity contribution in [3.8, 4) is 12.3 Å². The average Bonchev–Trinajstić information content (AvgIpc) is 1.85. The molecule has 0 spiro atoms. The first kappa shape index (κ1) is 7.63. The smallest absolute Gasteiger partial charge is 0.223 e. The van der Waals surface area contributed by atoms with Gasteiger partial charge >= 0.3 is 0 Å². The number of halogens is 1. The molecule has 0 unspecified atom stereocenters. The van der Waals surface area contributed by atoms with E-state index in [1.54, 1.807) is 0 Å². The maximum Gasteiger partial charge on any atom is 0.223 e. The molecule has 0 radical (unpaired) electrons. The molecule has 4 nitrogen and oxygen atoms in total. The zero-order valence-electron chi connectivity index (χ0n) is 5.50. The summed E-state index contributed by atoms with van der Waals surface area (Å²) in [6.45, 7) is 0. The molecule has 0 aliphatic rings. The van der Waals surface area contributed by atoms with Gasteiger partial charge in [0.15, 0.2) is 5.15 Å². The molecule has 1 aromatic rings. The Morgan fingerprint density at radius 2 is 2.00 bits per heavy atom. The molecule has 1 rings (SSSR count). The van der Waals surface area contributed by atoms with E-state index in [0.29, 0.717) is 0 Å². The number of rotatable bonds is 0. The highest BCUT2D eigenvalue weighted by Crippen LogP contribution is 2.17. The van der Waals surface area contributed by atoms with Crippen molar-refractivity contribution in [1.82, 2.24) is 9.97 Å². The van der Waals surface area contributed by atoms with Crippen LogP contribution in [0.15, 0.2) is 0 Å². The Balaban J connectivity index is 3.40. The summed E-state index contributed by atoms with van der Waals surface area (Å²) >= 11 is 5.58. The molecule has 0 atom stereocenters. The highest BCUT2D eigenvalue weighted by Gasteiger charge is 2.05. The van der Waals surface area contributed by atoms with Gasteiger partial charge in [-0.1, -0.05) is 17.5 Å². The molecule has 0 aliphatic carbocycles. The molecule has 0 amide bonds. The number of aromatic nitrogens is 2. The number of anilines is 2. The maximum absolute atomic E-state index is 5.58. The SMILES string of the molecule is C#Cc1c(N)nc(N)nc1Cl. The van der Waals surface area contributed by atoms with Crippen molar-refractivity contribution in [3.05, 3.63) is 10.7 Å². The van der Waals surface area contributed by atoms with E-state index >= 15 is 0 Å². The highest BCUT2D eigenvalue weighted by atomic mass is 35.5. The van der Waals surface area contributed by atoms with Crippen molar-refractivity contribution < 1.29 is 0 Å². The minimum atomic E-state index is 0.0199. The van der Waals surface area contributed by atoms with Crippen LogP contribution < -0.4 is 11.5 Å². The highest BCUT2D eigenvalue weighted by molar-refractivity contribution is 6.31. The van der Waals surface area contributed by atoms with E-state index in [-0.39, 0.29) is 22.5 Å². The van der Waals surface area contributed by atoms with E-state index in [4.69, 9.17) is 29.5 Å². The van der Waals surface area contributed by atoms with Crippen LogP contribution in [0, 0.1) is 12.3 Å². The summed E-state index contributed by atoms with van der Waals surface area (Å²) in [4.78, 5) is 7.24. The molecule has 0 aliphatic heterocycles. The van der Waals surface area contributed by atoms with E-state index in [2.05, 4.69) is 15.9 Å². The lowest BCUT2D eigenvalue weighted by Crippen LogP contribution is -2.02. The van der Waals surface area contributed by atoms with Gasteiger partial charge < -0.3 is 11.5 Å². The van der Waals surface area contributed by atoms with Crippen molar-refractivity contribution in [1.29, 1.82) is 0 Å². The summed E-state index contributed by atoms with van der Waals surface area (Å²) in [6.07, 6.45) is 5.07. The van der Waals surface area contributed by atoms with Crippen molar-refractivity contribution in [2.24, 2.45) is 0 Å². The van der Waals surface area contributed by atoms with Gasteiger partial charge in [-0.05, 0) is 0 Å². The fourth-order valence-electron chi connectivity index (χ4n) is 0.600. The molecule has 0 saturated carbocycles. The Labute approximate surface area is 68.6 Å². The minimum Gasteiger partial charge on any atom is -0.382 e. The van der Waals surface area contributed by atoms with Gasteiger partial charge in [-0.15, -0.1) is 6.42 Å². The second-order valence-electron chi connectivity index (χ2n) is 1.78. The normalized spacial score (nSPS) is 9.09. The zero-order chi connectivity index (χ0) is 8.43. The second-order valence-corrected chi connectivity index (χ2v) is 2.14. The van der Waals surface area contributed by atoms with Crippen LogP contribution in [0.3, 0.4) is 0 Å². The second kappa shape index (κ2) is 2.64. The first-order valence-electron chi connectivity index (χ1n) is 2.70. The summed E-state index contributed by atoms with van der Waals surface area (Å²) < 4.78 is 0. The Morgan fingerprint density at radius 1 is 1.36 bits per heavy atom. The van der Waals surface area contributed by atoms with Crippen LogP contribution in [0.2, 0.25) is 5.15 Å². The summed E-state index contributed by atoms with van der Waals surface area (Å²) in [7, 11) is 0. The Morgan fingerprint density at radius 3 is 2.45 bits per heavy atom. The Hall–Kier alpha value is -1.47. The molecule has 0 saturated heterocycles. The van der Waals surface area contributed by atoms with Crippen LogP contribution in [-0.2, 0) is 0 Å². The lowest BCUT2D eigenvalue weighted by molar-refractivity contribution is 1.18. The molecular formula is C6H5ClN4. The third-order valence-electron chi connectivity index (χ3n) is 1.05. The van der Waals surface area contributed by atoms with Crippen molar-refractivity contribution in [2.45, 2.75) is 0 Å². The molecule has 11 heavy (non-hydrogen) atoms. The van der Waals surface area contributed by atoms with E-state index < -0.39 is 0 Å².